The maximum atomic E-state index is 14.2. The Labute approximate surface area is 316 Å². The van der Waals surface area contributed by atoms with Crippen LogP contribution in [0.15, 0.2) is 34.8 Å². The van der Waals surface area contributed by atoms with Crippen LogP contribution in [0.5, 0.6) is 11.5 Å². The smallest absolute Gasteiger partial charge is 0.264 e. The number of benzene rings is 1. The number of likely N-dealkylation sites (N-methyl/N-ethyl adjacent to an activating group) is 1. The van der Waals surface area contributed by atoms with E-state index in [-0.39, 0.29) is 32.6 Å². The molecule has 0 saturated carbocycles. The number of aromatic nitrogens is 3. The van der Waals surface area contributed by atoms with E-state index in [1.54, 1.807) is 29.9 Å². The van der Waals surface area contributed by atoms with Crippen LogP contribution in [0.3, 0.4) is 0 Å². The fourth-order valence-electron chi connectivity index (χ4n) is 7.38. The first-order valence-electron chi connectivity index (χ1n) is 17.8. The van der Waals surface area contributed by atoms with Crippen molar-refractivity contribution in [2.45, 2.75) is 77.5 Å². The van der Waals surface area contributed by atoms with E-state index in [0.717, 1.165) is 32.4 Å². The van der Waals surface area contributed by atoms with Crippen molar-refractivity contribution in [3.63, 3.8) is 0 Å². The van der Waals surface area contributed by atoms with Crippen LogP contribution in [0.4, 0.5) is 5.95 Å². The van der Waals surface area contributed by atoms with Crippen LogP contribution in [0.25, 0.3) is 22.2 Å². The van der Waals surface area contributed by atoms with Gasteiger partial charge in [0.1, 0.15) is 28.8 Å². The van der Waals surface area contributed by atoms with Crippen LogP contribution >= 0.6 is 23.2 Å². The molecule has 1 N–H and O–H groups in total. The Kier molecular flexibility index (Phi) is 12.4. The van der Waals surface area contributed by atoms with Crippen molar-refractivity contribution < 1.29 is 14.3 Å². The van der Waals surface area contributed by atoms with E-state index in [4.69, 9.17) is 32.7 Å². The molecule has 5 rings (SSSR count). The van der Waals surface area contributed by atoms with Crippen LogP contribution in [0.2, 0.25) is 10.0 Å². The van der Waals surface area contributed by atoms with Gasteiger partial charge in [0, 0.05) is 80.6 Å². The summed E-state index contributed by atoms with van der Waals surface area (Å²) in [5, 5.41) is 14.1. The highest BCUT2D eigenvalue weighted by atomic mass is 35.5. The van der Waals surface area contributed by atoms with E-state index in [2.05, 4.69) is 65.9 Å². The van der Waals surface area contributed by atoms with E-state index in [9.17, 15) is 14.9 Å². The molecule has 0 spiro atoms. The molecule has 2 aromatic heterocycles. The lowest BCUT2D eigenvalue weighted by Gasteiger charge is -2.48. The molecule has 2 fully saturated rings. The van der Waals surface area contributed by atoms with Gasteiger partial charge in [0.2, 0.25) is 5.95 Å². The van der Waals surface area contributed by atoms with Crippen molar-refractivity contribution in [3.8, 4) is 28.7 Å². The van der Waals surface area contributed by atoms with Crippen molar-refractivity contribution in [1.82, 2.24) is 29.2 Å². The molecule has 52 heavy (non-hydrogen) atoms. The van der Waals surface area contributed by atoms with Crippen LogP contribution in [-0.2, 0) is 11.3 Å². The maximum Gasteiger partial charge on any atom is 0.264 e. The fourth-order valence-corrected chi connectivity index (χ4v) is 8.09. The van der Waals surface area contributed by atoms with Gasteiger partial charge in [-0.15, -0.1) is 0 Å². The zero-order valence-electron chi connectivity index (χ0n) is 31.4. The van der Waals surface area contributed by atoms with E-state index in [1.807, 2.05) is 11.0 Å². The number of nitriles is 1. The molecule has 0 radical (unpaired) electrons. The number of aryl methyl sites for hydroxylation is 1. The van der Waals surface area contributed by atoms with E-state index in [1.165, 1.54) is 14.2 Å². The SMILES string of the molecule is CNc1ncc2cc(-c3c(Cl)c(OC)cc(OC)c3Cl)c(=O)n(CCCC3CCN(C(=O)C(C#N)=CC(C)(C)N4CC(C)N(C)C(C)C4)CC3)c2n1. The first-order valence-corrected chi connectivity index (χ1v) is 18.6. The summed E-state index contributed by atoms with van der Waals surface area (Å²) in [5.74, 6) is 1.21. The highest BCUT2D eigenvalue weighted by Crippen LogP contribution is 2.45. The number of amides is 1. The number of anilines is 1. The minimum atomic E-state index is -0.434. The largest absolute Gasteiger partial charge is 0.495 e. The third kappa shape index (κ3) is 8.03. The zero-order valence-corrected chi connectivity index (χ0v) is 32.9. The van der Waals surface area contributed by atoms with Crippen molar-refractivity contribution in [1.29, 1.82) is 5.26 Å². The van der Waals surface area contributed by atoms with Gasteiger partial charge >= 0.3 is 0 Å². The molecule has 2 saturated heterocycles. The van der Waals surface area contributed by atoms with Gasteiger partial charge in [-0.05, 0) is 78.5 Å². The number of carbonyl (C=O) groups is 1. The Morgan fingerprint density at radius 1 is 1.10 bits per heavy atom. The summed E-state index contributed by atoms with van der Waals surface area (Å²) in [4.78, 5) is 43.4. The number of piperazine rings is 1. The van der Waals surface area contributed by atoms with Gasteiger partial charge < -0.3 is 19.7 Å². The maximum absolute atomic E-state index is 14.2. The monoisotopic (exact) mass is 752 g/mol. The number of nitrogens with one attached hydrogen (secondary N) is 1. The van der Waals surface area contributed by atoms with Crippen LogP contribution in [0, 0.1) is 17.2 Å². The number of pyridine rings is 1. The predicted octanol–water partition coefficient (Wildman–Crippen LogP) is 6.10. The van der Waals surface area contributed by atoms with Crippen LogP contribution in [-0.4, -0.2) is 107 Å². The number of nitrogens with zero attached hydrogens (tertiary/aromatic N) is 7. The highest BCUT2D eigenvalue weighted by molar-refractivity contribution is 6.41. The molecule has 2 atom stereocenters. The van der Waals surface area contributed by atoms with Crippen molar-refractivity contribution >= 4 is 46.1 Å². The zero-order chi connectivity index (χ0) is 37.9. The first kappa shape index (κ1) is 39.3. The molecule has 2 aliphatic rings. The molecule has 0 bridgehead atoms. The van der Waals surface area contributed by atoms with Crippen molar-refractivity contribution in [2.75, 3.05) is 59.8 Å². The lowest BCUT2D eigenvalue weighted by Crippen LogP contribution is -2.60. The Bertz CT molecular complexity index is 1890. The molecule has 12 nitrogen and oxygen atoms in total. The van der Waals surface area contributed by atoms with E-state index >= 15 is 0 Å². The summed E-state index contributed by atoms with van der Waals surface area (Å²) in [7, 11) is 6.84. The molecule has 0 aliphatic carbocycles. The highest BCUT2D eigenvalue weighted by Gasteiger charge is 2.35. The number of ether oxygens (including phenoxy) is 2. The van der Waals surface area contributed by atoms with Gasteiger partial charge in [-0.3, -0.25) is 24.0 Å². The number of hydrogen-bond acceptors (Lipinski definition) is 10. The number of hydrogen-bond donors (Lipinski definition) is 1. The average Bonchev–Trinajstić information content (AvgIpc) is 3.13. The van der Waals surface area contributed by atoms with Gasteiger partial charge in [-0.1, -0.05) is 23.2 Å². The summed E-state index contributed by atoms with van der Waals surface area (Å²) in [6.07, 6.45) is 6.71. The average molecular weight is 754 g/mol. The molecule has 1 aromatic carbocycles. The number of halogens is 2. The standard InChI is InChI=1S/C38H50Cl2N8O4/c1-23-21-47(22-24(2)45(23)6)38(3,4)18-27(19-41)35(49)46-14-11-25(12-15-46)10-9-13-48-34-26(20-43-37(42-5)44-34)16-28(36(48)50)31-32(39)29(51-7)17-30(52-8)33(31)40/h16-18,20,23-25H,9-15,21-22H2,1-8H3,(H,42,43,44). The van der Waals surface area contributed by atoms with Crippen LogP contribution in [0.1, 0.15) is 53.4 Å². The predicted molar refractivity (Wildman–Crippen MR) is 206 cm³/mol. The molecule has 2 unspecified atom stereocenters. The number of methoxy groups -OCH3 is 2. The number of fused-ring (bicyclic) bond motifs is 1. The number of rotatable bonds is 11. The second kappa shape index (κ2) is 16.4. The van der Waals surface area contributed by atoms with Crippen molar-refractivity contribution in [2.24, 2.45) is 5.92 Å². The number of piperidine rings is 1. The molecule has 2 aliphatic heterocycles. The topological polar surface area (TPSA) is 129 Å². The van der Waals surface area contributed by atoms with Gasteiger partial charge in [0.15, 0.2) is 0 Å². The van der Waals surface area contributed by atoms with Gasteiger partial charge in [-0.25, -0.2) is 4.98 Å². The Morgan fingerprint density at radius 2 is 1.71 bits per heavy atom. The molecule has 14 heteroatoms. The lowest BCUT2D eigenvalue weighted by molar-refractivity contribution is -0.128. The number of likely N-dealkylation sites (tertiary alicyclic amines) is 1. The van der Waals surface area contributed by atoms with Crippen molar-refractivity contribution in [3.05, 3.63) is 50.4 Å². The molecular weight excluding hydrogens is 703 g/mol. The third-order valence-electron chi connectivity index (χ3n) is 10.8. The molecular formula is C38H50Cl2N8O4. The normalized spacial score (nSPS) is 19.5. The fraction of sp³-hybridized carbons (Fsp3) is 0.553. The molecule has 280 valence electrons. The Morgan fingerprint density at radius 3 is 2.27 bits per heavy atom. The first-order chi connectivity index (χ1) is 24.7. The van der Waals surface area contributed by atoms with E-state index in [0.29, 0.717) is 78.1 Å². The quantitative estimate of drug-likeness (QED) is 0.181. The summed E-state index contributed by atoms with van der Waals surface area (Å²) < 4.78 is 12.6. The molecule has 1 amide bonds. The lowest BCUT2D eigenvalue weighted by atomic mass is 9.91. The Hall–Kier alpha value is -3.89. The summed E-state index contributed by atoms with van der Waals surface area (Å²) >= 11 is 13.5. The summed E-state index contributed by atoms with van der Waals surface area (Å²) in [6.45, 7) is 11.9. The second-order valence-electron chi connectivity index (χ2n) is 14.5. The minimum absolute atomic E-state index is 0.200. The summed E-state index contributed by atoms with van der Waals surface area (Å²) in [6, 6.07) is 6.25. The molecule has 3 aromatic rings. The van der Waals surface area contributed by atoms with Gasteiger partial charge in [0.25, 0.3) is 11.5 Å². The summed E-state index contributed by atoms with van der Waals surface area (Å²) in [5.41, 5.74) is 0.564. The van der Waals surface area contributed by atoms with E-state index < -0.39 is 5.54 Å². The third-order valence-corrected chi connectivity index (χ3v) is 11.6. The van der Waals surface area contributed by atoms with Gasteiger partial charge in [0.05, 0.1) is 29.8 Å². The minimum Gasteiger partial charge on any atom is -0.495 e. The molecule has 4 heterocycles. The second-order valence-corrected chi connectivity index (χ2v) is 15.2. The Balaban J connectivity index is 1.30. The number of carbonyl (C=O) groups excluding carboxylic acids is 1. The van der Waals surface area contributed by atoms with Gasteiger partial charge in [-0.2, -0.15) is 10.2 Å². The van der Waals surface area contributed by atoms with Crippen LogP contribution < -0.4 is 20.3 Å².